The summed E-state index contributed by atoms with van der Waals surface area (Å²) in [6, 6.07) is 2.54. The van der Waals surface area contributed by atoms with Crippen LogP contribution < -0.4 is 16.6 Å². The van der Waals surface area contributed by atoms with Crippen LogP contribution in [0.1, 0.15) is 17.4 Å². The number of hydrogen-bond acceptors (Lipinski definition) is 4. The highest BCUT2D eigenvalue weighted by Gasteiger charge is 2.09. The summed E-state index contributed by atoms with van der Waals surface area (Å²) in [6.07, 6.45) is 0. The van der Waals surface area contributed by atoms with Crippen molar-refractivity contribution >= 4 is 11.8 Å². The highest BCUT2D eigenvalue weighted by atomic mass is 16.2. The number of nitrogens with zero attached hydrogens (tertiary/aromatic N) is 2. The van der Waals surface area contributed by atoms with Crippen molar-refractivity contribution in [3.05, 3.63) is 28.2 Å². The largest absolute Gasteiger partial charge is 0.368 e. The fraction of sp³-hybridized carbons (Fsp3) is 0.333. The van der Waals surface area contributed by atoms with Crippen LogP contribution in [0.3, 0.4) is 0 Å². The molecule has 0 aromatic carbocycles. The van der Waals surface area contributed by atoms with Crippen molar-refractivity contribution in [2.24, 2.45) is 5.73 Å². The molecule has 0 aliphatic heterocycles. The van der Waals surface area contributed by atoms with Crippen LogP contribution in [-0.2, 0) is 11.3 Å². The van der Waals surface area contributed by atoms with Crippen LogP contribution in [0.4, 0.5) is 0 Å². The standard InChI is InChI=1S/C9H12N4O3/c1-2-13-8(15)4-3-6(12-13)9(16)11-5-7(10)14/h3-4H,2,5H2,1H3,(H2,10,14)(H,11,16). The summed E-state index contributed by atoms with van der Waals surface area (Å²) in [6.45, 7) is 1.85. The molecule has 16 heavy (non-hydrogen) atoms. The van der Waals surface area contributed by atoms with Crippen LogP contribution >= 0.6 is 0 Å². The quantitative estimate of drug-likeness (QED) is 0.647. The van der Waals surface area contributed by atoms with Gasteiger partial charge in [0, 0.05) is 12.6 Å². The van der Waals surface area contributed by atoms with Crippen molar-refractivity contribution in [1.29, 1.82) is 0 Å². The first kappa shape index (κ1) is 11.9. The second-order valence-electron chi connectivity index (χ2n) is 3.02. The molecule has 0 aliphatic carbocycles. The third kappa shape index (κ3) is 2.91. The Hall–Kier alpha value is -2.18. The Kier molecular flexibility index (Phi) is 3.76. The minimum absolute atomic E-state index is 0.0719. The summed E-state index contributed by atoms with van der Waals surface area (Å²) in [4.78, 5) is 33.1. The monoisotopic (exact) mass is 224 g/mol. The van der Waals surface area contributed by atoms with E-state index in [-0.39, 0.29) is 17.8 Å². The molecule has 1 aromatic heterocycles. The SMILES string of the molecule is CCn1nc(C(=O)NCC(N)=O)ccc1=O. The molecule has 1 rings (SSSR count). The molecule has 0 saturated heterocycles. The number of aromatic nitrogens is 2. The summed E-state index contributed by atoms with van der Waals surface area (Å²) >= 11 is 0. The van der Waals surface area contributed by atoms with E-state index in [1.165, 1.54) is 12.1 Å². The lowest BCUT2D eigenvalue weighted by Gasteiger charge is -2.04. The van der Waals surface area contributed by atoms with E-state index in [1.807, 2.05) is 0 Å². The zero-order valence-electron chi connectivity index (χ0n) is 8.77. The molecule has 86 valence electrons. The number of rotatable bonds is 4. The first-order chi connectivity index (χ1) is 7.54. The smallest absolute Gasteiger partial charge is 0.272 e. The van der Waals surface area contributed by atoms with E-state index in [4.69, 9.17) is 5.73 Å². The van der Waals surface area contributed by atoms with Gasteiger partial charge in [0.15, 0.2) is 0 Å². The van der Waals surface area contributed by atoms with Crippen molar-refractivity contribution in [1.82, 2.24) is 15.1 Å². The van der Waals surface area contributed by atoms with Crippen LogP contribution in [0.25, 0.3) is 0 Å². The number of aryl methyl sites for hydroxylation is 1. The van der Waals surface area contributed by atoms with Gasteiger partial charge in [0.2, 0.25) is 5.91 Å². The number of nitrogens with two attached hydrogens (primary N) is 1. The van der Waals surface area contributed by atoms with Gasteiger partial charge in [-0.05, 0) is 13.0 Å². The molecule has 7 heteroatoms. The molecule has 0 aliphatic rings. The molecule has 1 aromatic rings. The Bertz CT molecular complexity index is 466. The number of nitrogens with one attached hydrogen (secondary N) is 1. The van der Waals surface area contributed by atoms with Crippen molar-refractivity contribution in [2.75, 3.05) is 6.54 Å². The maximum atomic E-state index is 11.4. The number of carbonyl (C=O) groups is 2. The van der Waals surface area contributed by atoms with Crippen molar-refractivity contribution in [3.8, 4) is 0 Å². The van der Waals surface area contributed by atoms with Gasteiger partial charge in [-0.3, -0.25) is 14.4 Å². The van der Waals surface area contributed by atoms with E-state index in [1.54, 1.807) is 6.92 Å². The lowest BCUT2D eigenvalue weighted by Crippen LogP contribution is -2.35. The Labute approximate surface area is 91.2 Å². The van der Waals surface area contributed by atoms with Gasteiger partial charge in [-0.25, -0.2) is 4.68 Å². The molecule has 2 amide bonds. The van der Waals surface area contributed by atoms with Crippen molar-refractivity contribution in [2.45, 2.75) is 13.5 Å². The predicted molar refractivity (Wildman–Crippen MR) is 55.7 cm³/mol. The predicted octanol–water partition coefficient (Wildman–Crippen LogP) is -1.52. The van der Waals surface area contributed by atoms with E-state index >= 15 is 0 Å². The maximum absolute atomic E-state index is 11.4. The molecule has 3 N–H and O–H groups in total. The normalized spacial score (nSPS) is 9.81. The summed E-state index contributed by atoms with van der Waals surface area (Å²) in [5, 5.41) is 6.09. The van der Waals surface area contributed by atoms with Gasteiger partial charge in [-0.15, -0.1) is 0 Å². The molecule has 1 heterocycles. The number of primary amides is 1. The van der Waals surface area contributed by atoms with Crippen molar-refractivity contribution in [3.63, 3.8) is 0 Å². The van der Waals surface area contributed by atoms with Gasteiger partial charge < -0.3 is 11.1 Å². The van der Waals surface area contributed by atoms with Crippen LogP contribution in [-0.4, -0.2) is 28.1 Å². The molecule has 0 bridgehead atoms. The Balaban J connectivity index is 2.84. The molecule has 0 atom stereocenters. The molecule has 0 spiro atoms. The minimum Gasteiger partial charge on any atom is -0.368 e. The molecular formula is C9H12N4O3. The summed E-state index contributed by atoms with van der Waals surface area (Å²) in [5.41, 5.74) is 4.66. The third-order valence-electron chi connectivity index (χ3n) is 1.82. The van der Waals surface area contributed by atoms with E-state index in [0.717, 1.165) is 4.68 Å². The van der Waals surface area contributed by atoms with Crippen LogP contribution in [0.15, 0.2) is 16.9 Å². The molecule has 0 fully saturated rings. The first-order valence-electron chi connectivity index (χ1n) is 4.69. The van der Waals surface area contributed by atoms with E-state index in [0.29, 0.717) is 6.54 Å². The number of amides is 2. The summed E-state index contributed by atoms with van der Waals surface area (Å²) in [5.74, 6) is -1.18. The third-order valence-corrected chi connectivity index (χ3v) is 1.82. The Morgan fingerprint density at radius 1 is 1.50 bits per heavy atom. The lowest BCUT2D eigenvalue weighted by molar-refractivity contribution is -0.117. The van der Waals surface area contributed by atoms with Crippen LogP contribution in [0.2, 0.25) is 0 Å². The Morgan fingerprint density at radius 3 is 2.75 bits per heavy atom. The fourth-order valence-electron chi connectivity index (χ4n) is 1.05. The molecule has 0 radical (unpaired) electrons. The highest BCUT2D eigenvalue weighted by Crippen LogP contribution is 1.90. The average molecular weight is 224 g/mol. The summed E-state index contributed by atoms with van der Waals surface area (Å²) in [7, 11) is 0. The van der Waals surface area contributed by atoms with E-state index < -0.39 is 11.8 Å². The van der Waals surface area contributed by atoms with Gasteiger partial charge in [0.1, 0.15) is 5.69 Å². The van der Waals surface area contributed by atoms with Gasteiger partial charge in [0.25, 0.3) is 11.5 Å². The Morgan fingerprint density at radius 2 is 2.19 bits per heavy atom. The maximum Gasteiger partial charge on any atom is 0.272 e. The molecular weight excluding hydrogens is 212 g/mol. The second-order valence-corrected chi connectivity index (χ2v) is 3.02. The van der Waals surface area contributed by atoms with E-state index in [2.05, 4.69) is 10.4 Å². The highest BCUT2D eigenvalue weighted by molar-refractivity contribution is 5.94. The minimum atomic E-state index is -0.642. The zero-order chi connectivity index (χ0) is 12.1. The number of carbonyl (C=O) groups excluding carboxylic acids is 2. The first-order valence-corrected chi connectivity index (χ1v) is 4.69. The van der Waals surface area contributed by atoms with Gasteiger partial charge >= 0.3 is 0 Å². The second kappa shape index (κ2) is 5.06. The zero-order valence-corrected chi connectivity index (χ0v) is 8.77. The number of hydrogen-bond donors (Lipinski definition) is 2. The van der Waals surface area contributed by atoms with Crippen molar-refractivity contribution < 1.29 is 9.59 Å². The molecule has 0 unspecified atom stereocenters. The topological polar surface area (TPSA) is 107 Å². The van der Waals surface area contributed by atoms with Crippen LogP contribution in [0.5, 0.6) is 0 Å². The van der Waals surface area contributed by atoms with Gasteiger partial charge in [0.05, 0.1) is 6.54 Å². The fourth-order valence-corrected chi connectivity index (χ4v) is 1.05. The molecule has 7 nitrogen and oxygen atoms in total. The molecule has 0 saturated carbocycles. The van der Waals surface area contributed by atoms with Gasteiger partial charge in [-0.1, -0.05) is 0 Å². The van der Waals surface area contributed by atoms with E-state index in [9.17, 15) is 14.4 Å². The average Bonchev–Trinajstić information content (AvgIpc) is 2.26. The summed E-state index contributed by atoms with van der Waals surface area (Å²) < 4.78 is 1.15. The lowest BCUT2D eigenvalue weighted by atomic mass is 10.3. The van der Waals surface area contributed by atoms with Crippen LogP contribution in [0, 0.1) is 0 Å². The van der Waals surface area contributed by atoms with Gasteiger partial charge in [-0.2, -0.15) is 5.10 Å².